The van der Waals surface area contributed by atoms with E-state index in [4.69, 9.17) is 5.11 Å². The molecule has 1 amide bonds. The van der Waals surface area contributed by atoms with E-state index < -0.39 is 5.54 Å². The molecule has 0 radical (unpaired) electrons. The van der Waals surface area contributed by atoms with Gasteiger partial charge in [-0.05, 0) is 33.1 Å². The Morgan fingerprint density at radius 2 is 1.15 bits per heavy atom. The van der Waals surface area contributed by atoms with Crippen molar-refractivity contribution in [3.05, 3.63) is 0 Å². The minimum atomic E-state index is -0.553. The highest BCUT2D eigenvalue weighted by Crippen LogP contribution is 2.12. The summed E-state index contributed by atoms with van der Waals surface area (Å²) >= 11 is 0. The highest BCUT2D eigenvalue weighted by atomic mass is 16.3. The smallest absolute Gasteiger partial charge is 0.220 e. The summed E-state index contributed by atoms with van der Waals surface area (Å²) in [6.45, 7) is 5.78. The van der Waals surface area contributed by atoms with Crippen LogP contribution in [0.15, 0.2) is 0 Å². The van der Waals surface area contributed by atoms with Gasteiger partial charge in [-0.25, -0.2) is 0 Å². The number of rotatable bonds is 18. The Morgan fingerprint density at radius 1 is 0.731 bits per heavy atom. The Labute approximate surface area is 161 Å². The van der Waals surface area contributed by atoms with Gasteiger partial charge in [0, 0.05) is 19.3 Å². The normalized spacial score (nSPS) is 11.5. The van der Waals surface area contributed by atoms with Crippen LogP contribution in [-0.2, 0) is 9.59 Å². The van der Waals surface area contributed by atoms with E-state index in [-0.39, 0.29) is 12.5 Å². The molecule has 0 aromatic heterocycles. The van der Waals surface area contributed by atoms with E-state index in [9.17, 15) is 9.59 Å². The second-order valence-corrected chi connectivity index (χ2v) is 8.27. The average molecular weight is 370 g/mol. The standard InChI is InChI=1S/C22H43NO3/c1-4-5-6-7-8-9-10-11-13-16-20(25)17-14-12-15-18-21(26)23-22(2,3)19-24/h24H,4-19H2,1-3H3,(H,23,26). The van der Waals surface area contributed by atoms with Gasteiger partial charge in [-0.1, -0.05) is 64.7 Å². The van der Waals surface area contributed by atoms with Crippen molar-refractivity contribution >= 4 is 11.7 Å². The number of aliphatic hydroxyl groups is 1. The average Bonchev–Trinajstić information content (AvgIpc) is 2.59. The van der Waals surface area contributed by atoms with Gasteiger partial charge in [0.05, 0.1) is 12.1 Å². The largest absolute Gasteiger partial charge is 0.394 e. The van der Waals surface area contributed by atoms with Crippen LogP contribution in [0.5, 0.6) is 0 Å². The Morgan fingerprint density at radius 3 is 1.65 bits per heavy atom. The zero-order valence-corrected chi connectivity index (χ0v) is 17.6. The van der Waals surface area contributed by atoms with Crippen molar-refractivity contribution < 1.29 is 14.7 Å². The lowest BCUT2D eigenvalue weighted by molar-refractivity contribution is -0.123. The third-order valence-corrected chi connectivity index (χ3v) is 4.79. The van der Waals surface area contributed by atoms with Crippen molar-refractivity contribution in [3.8, 4) is 0 Å². The second kappa shape index (κ2) is 16.3. The van der Waals surface area contributed by atoms with Crippen LogP contribution in [0, 0.1) is 0 Å². The number of carbonyl (C=O) groups is 2. The van der Waals surface area contributed by atoms with Gasteiger partial charge in [-0.15, -0.1) is 0 Å². The Kier molecular flexibility index (Phi) is 15.7. The third kappa shape index (κ3) is 16.6. The van der Waals surface area contributed by atoms with Crippen molar-refractivity contribution in [3.63, 3.8) is 0 Å². The molecule has 4 nitrogen and oxygen atoms in total. The van der Waals surface area contributed by atoms with Crippen LogP contribution in [0.25, 0.3) is 0 Å². The molecule has 0 rings (SSSR count). The third-order valence-electron chi connectivity index (χ3n) is 4.79. The molecule has 0 aliphatic carbocycles. The molecule has 0 aliphatic rings. The quantitative estimate of drug-likeness (QED) is 0.322. The van der Waals surface area contributed by atoms with Gasteiger partial charge in [0.25, 0.3) is 0 Å². The van der Waals surface area contributed by atoms with E-state index in [1.165, 1.54) is 51.4 Å². The first-order valence-electron chi connectivity index (χ1n) is 10.8. The van der Waals surface area contributed by atoms with Crippen molar-refractivity contribution in [2.24, 2.45) is 0 Å². The van der Waals surface area contributed by atoms with Crippen LogP contribution in [0.1, 0.15) is 117 Å². The van der Waals surface area contributed by atoms with Gasteiger partial charge in [0.15, 0.2) is 0 Å². The predicted octanol–water partition coefficient (Wildman–Crippen LogP) is 5.31. The zero-order valence-electron chi connectivity index (χ0n) is 17.6. The monoisotopic (exact) mass is 369 g/mol. The van der Waals surface area contributed by atoms with E-state index in [0.717, 1.165) is 32.1 Å². The molecule has 26 heavy (non-hydrogen) atoms. The Hall–Kier alpha value is -0.900. The van der Waals surface area contributed by atoms with Crippen LogP contribution >= 0.6 is 0 Å². The molecule has 0 saturated carbocycles. The Balaban J connectivity index is 3.40. The molecule has 0 bridgehead atoms. The minimum absolute atomic E-state index is 0.0231. The molecule has 0 aliphatic heterocycles. The molecule has 0 saturated heterocycles. The SMILES string of the molecule is CCCCCCCCCCCC(=O)CCCCCC(=O)NC(C)(C)CO. The summed E-state index contributed by atoms with van der Waals surface area (Å²) in [4.78, 5) is 23.6. The second-order valence-electron chi connectivity index (χ2n) is 8.27. The minimum Gasteiger partial charge on any atom is -0.394 e. The molecule has 0 aromatic carbocycles. The summed E-state index contributed by atoms with van der Waals surface area (Å²) in [7, 11) is 0. The van der Waals surface area contributed by atoms with E-state index in [1.807, 2.05) is 0 Å². The van der Waals surface area contributed by atoms with E-state index in [2.05, 4.69) is 12.2 Å². The summed E-state index contributed by atoms with van der Waals surface area (Å²) < 4.78 is 0. The van der Waals surface area contributed by atoms with Crippen molar-refractivity contribution in [2.45, 2.75) is 123 Å². The maximum atomic E-state index is 11.9. The van der Waals surface area contributed by atoms with Crippen LogP contribution in [0.4, 0.5) is 0 Å². The lowest BCUT2D eigenvalue weighted by Gasteiger charge is -2.23. The highest BCUT2D eigenvalue weighted by Gasteiger charge is 2.18. The zero-order chi connectivity index (χ0) is 19.7. The van der Waals surface area contributed by atoms with Crippen LogP contribution in [0.2, 0.25) is 0 Å². The van der Waals surface area contributed by atoms with Crippen LogP contribution in [-0.4, -0.2) is 28.9 Å². The molecule has 0 spiro atoms. The van der Waals surface area contributed by atoms with Crippen LogP contribution < -0.4 is 5.32 Å². The van der Waals surface area contributed by atoms with Gasteiger partial charge in [-0.3, -0.25) is 9.59 Å². The predicted molar refractivity (Wildman–Crippen MR) is 109 cm³/mol. The highest BCUT2D eigenvalue weighted by molar-refractivity contribution is 5.78. The molecule has 2 N–H and O–H groups in total. The first-order chi connectivity index (χ1) is 12.4. The molecule has 0 atom stereocenters. The summed E-state index contributed by atoms with van der Waals surface area (Å²) in [6, 6.07) is 0. The fraction of sp³-hybridized carbons (Fsp3) is 0.909. The van der Waals surface area contributed by atoms with E-state index in [1.54, 1.807) is 13.8 Å². The van der Waals surface area contributed by atoms with Gasteiger partial charge >= 0.3 is 0 Å². The van der Waals surface area contributed by atoms with Gasteiger partial charge in [0.2, 0.25) is 5.91 Å². The Bertz CT molecular complexity index is 366. The van der Waals surface area contributed by atoms with Crippen molar-refractivity contribution in [2.75, 3.05) is 6.61 Å². The maximum Gasteiger partial charge on any atom is 0.220 e. The van der Waals surface area contributed by atoms with Crippen LogP contribution in [0.3, 0.4) is 0 Å². The number of aliphatic hydroxyl groups excluding tert-OH is 1. The fourth-order valence-electron chi connectivity index (χ4n) is 3.02. The van der Waals surface area contributed by atoms with E-state index >= 15 is 0 Å². The number of Topliss-reactive ketones (excluding diaryl/α,β-unsaturated/α-hetero) is 1. The molecule has 4 heteroatoms. The summed E-state index contributed by atoms with van der Waals surface area (Å²) in [5, 5.41) is 11.9. The fourth-order valence-corrected chi connectivity index (χ4v) is 3.02. The molecular weight excluding hydrogens is 326 g/mol. The van der Waals surface area contributed by atoms with E-state index in [0.29, 0.717) is 18.6 Å². The molecule has 0 fully saturated rings. The summed E-state index contributed by atoms with van der Waals surface area (Å²) in [6.07, 6.45) is 16.0. The number of hydrogen-bond acceptors (Lipinski definition) is 3. The number of nitrogens with one attached hydrogen (secondary N) is 1. The molecular formula is C22H43NO3. The summed E-state index contributed by atoms with van der Waals surface area (Å²) in [5.74, 6) is 0.351. The molecule has 0 aromatic rings. The summed E-state index contributed by atoms with van der Waals surface area (Å²) in [5.41, 5.74) is -0.553. The van der Waals surface area contributed by atoms with Gasteiger partial charge in [-0.2, -0.15) is 0 Å². The van der Waals surface area contributed by atoms with Crippen molar-refractivity contribution in [1.29, 1.82) is 0 Å². The number of ketones is 1. The lowest BCUT2D eigenvalue weighted by atomic mass is 10.0. The maximum absolute atomic E-state index is 11.9. The van der Waals surface area contributed by atoms with Crippen molar-refractivity contribution in [1.82, 2.24) is 5.32 Å². The van der Waals surface area contributed by atoms with Gasteiger partial charge in [0.1, 0.15) is 5.78 Å². The number of carbonyl (C=O) groups excluding carboxylic acids is 2. The molecule has 0 heterocycles. The topological polar surface area (TPSA) is 66.4 Å². The first-order valence-corrected chi connectivity index (χ1v) is 10.8. The molecule has 154 valence electrons. The molecule has 0 unspecified atom stereocenters. The first kappa shape index (κ1) is 25.1. The van der Waals surface area contributed by atoms with Gasteiger partial charge < -0.3 is 10.4 Å². The number of amides is 1. The number of unbranched alkanes of at least 4 members (excludes halogenated alkanes) is 10. The lowest BCUT2D eigenvalue weighted by Crippen LogP contribution is -2.46. The number of hydrogen-bond donors (Lipinski definition) is 2.